The van der Waals surface area contributed by atoms with E-state index in [9.17, 15) is 5.11 Å². The van der Waals surface area contributed by atoms with Gasteiger partial charge in [0.15, 0.2) is 0 Å². The largest absolute Gasteiger partial charge is 0.508 e. The minimum absolute atomic E-state index is 0. The Labute approximate surface area is 108 Å². The van der Waals surface area contributed by atoms with Gasteiger partial charge in [0.25, 0.3) is 0 Å². The number of hydrogen-bond donors (Lipinski definition) is 2. The highest BCUT2D eigenvalue weighted by Gasteiger charge is 2.25. The summed E-state index contributed by atoms with van der Waals surface area (Å²) in [5.41, 5.74) is 7.43. The average Bonchev–Trinajstić information content (AvgIpc) is 2.82. The molecule has 0 radical (unpaired) electrons. The van der Waals surface area contributed by atoms with Crippen molar-refractivity contribution in [1.82, 2.24) is 0 Å². The summed E-state index contributed by atoms with van der Waals surface area (Å²) in [6.07, 6.45) is 4.68. The van der Waals surface area contributed by atoms with Gasteiger partial charge in [0.1, 0.15) is 5.75 Å². The van der Waals surface area contributed by atoms with Crippen LogP contribution in [0.1, 0.15) is 42.9 Å². The number of halogens is 1. The summed E-state index contributed by atoms with van der Waals surface area (Å²) >= 11 is 0. The molecule has 1 fully saturated rings. The van der Waals surface area contributed by atoms with Crippen LogP contribution in [0.2, 0.25) is 0 Å². The molecule has 3 nitrogen and oxygen atoms in total. The van der Waals surface area contributed by atoms with Gasteiger partial charge in [-0.25, -0.2) is 0 Å². The van der Waals surface area contributed by atoms with E-state index in [-0.39, 0.29) is 24.2 Å². The average molecular weight is 253 g/mol. The Kier molecular flexibility index (Phi) is 4.80. The van der Waals surface area contributed by atoms with Crippen molar-refractivity contribution >= 4 is 12.4 Å². The number of rotatable bonds is 2. The van der Waals surface area contributed by atoms with Crippen LogP contribution in [0.25, 0.3) is 0 Å². The Bertz CT molecular complexity index is 422. The van der Waals surface area contributed by atoms with Crippen molar-refractivity contribution in [2.75, 3.05) is 0 Å². The maximum Gasteiger partial charge on any atom is 0.120 e. The minimum Gasteiger partial charge on any atom is -0.508 e. The Hall–Kier alpha value is -1.24. The standard InChI is InChI=1S/C13H16N2O.ClH/c14-8-9-5-6-12(16)11(7-9)13(15)10-3-1-2-4-10;/h5-7,10,13,16H,1-4,15H2;1H/t13-;/m1./s1. The molecule has 1 aliphatic rings. The van der Waals surface area contributed by atoms with Crippen molar-refractivity contribution in [3.8, 4) is 11.8 Å². The predicted octanol–water partition coefficient (Wildman–Crippen LogP) is 2.88. The first-order chi connectivity index (χ1) is 7.72. The van der Waals surface area contributed by atoms with Crippen molar-refractivity contribution < 1.29 is 5.11 Å². The SMILES string of the molecule is Cl.N#Cc1ccc(O)c([C@H](N)C2CCCC2)c1. The van der Waals surface area contributed by atoms with E-state index in [1.807, 2.05) is 0 Å². The van der Waals surface area contributed by atoms with Crippen LogP contribution in [-0.4, -0.2) is 5.11 Å². The van der Waals surface area contributed by atoms with E-state index in [0.717, 1.165) is 12.8 Å². The van der Waals surface area contributed by atoms with Crippen LogP contribution < -0.4 is 5.73 Å². The van der Waals surface area contributed by atoms with E-state index >= 15 is 0 Å². The Morgan fingerprint density at radius 3 is 2.59 bits per heavy atom. The molecule has 3 N–H and O–H groups in total. The lowest BCUT2D eigenvalue weighted by molar-refractivity contribution is 0.412. The highest BCUT2D eigenvalue weighted by atomic mass is 35.5. The summed E-state index contributed by atoms with van der Waals surface area (Å²) in [6, 6.07) is 6.81. The lowest BCUT2D eigenvalue weighted by Crippen LogP contribution is -2.19. The van der Waals surface area contributed by atoms with Gasteiger partial charge in [-0.3, -0.25) is 0 Å². The molecule has 0 bridgehead atoms. The topological polar surface area (TPSA) is 70.0 Å². The van der Waals surface area contributed by atoms with Crippen molar-refractivity contribution in [3.63, 3.8) is 0 Å². The molecule has 1 atom stereocenters. The zero-order valence-electron chi connectivity index (χ0n) is 9.60. The lowest BCUT2D eigenvalue weighted by Gasteiger charge is -2.20. The molecular formula is C13H17ClN2O. The number of hydrogen-bond acceptors (Lipinski definition) is 3. The van der Waals surface area contributed by atoms with Crippen molar-refractivity contribution in [1.29, 1.82) is 5.26 Å². The molecule has 92 valence electrons. The molecule has 4 heteroatoms. The number of nitriles is 1. The van der Waals surface area contributed by atoms with Gasteiger partial charge in [-0.1, -0.05) is 12.8 Å². The smallest absolute Gasteiger partial charge is 0.120 e. The van der Waals surface area contributed by atoms with Gasteiger partial charge in [0.2, 0.25) is 0 Å². The fourth-order valence-electron chi connectivity index (χ4n) is 2.46. The molecule has 17 heavy (non-hydrogen) atoms. The molecule has 0 amide bonds. The maximum atomic E-state index is 9.77. The number of aromatic hydroxyl groups is 1. The highest BCUT2D eigenvalue weighted by molar-refractivity contribution is 5.85. The molecule has 0 heterocycles. The third-order valence-electron chi connectivity index (χ3n) is 3.42. The molecule has 1 aromatic rings. The van der Waals surface area contributed by atoms with Crippen molar-refractivity contribution in [2.24, 2.45) is 11.7 Å². The molecule has 0 spiro atoms. The summed E-state index contributed by atoms with van der Waals surface area (Å²) in [4.78, 5) is 0. The van der Waals surface area contributed by atoms with Crippen LogP contribution in [-0.2, 0) is 0 Å². The summed E-state index contributed by atoms with van der Waals surface area (Å²) in [7, 11) is 0. The van der Waals surface area contributed by atoms with Gasteiger partial charge in [-0.05, 0) is 37.0 Å². The summed E-state index contributed by atoms with van der Waals surface area (Å²) in [5, 5.41) is 18.6. The third kappa shape index (κ3) is 2.91. The van der Waals surface area contributed by atoms with Crippen molar-refractivity contribution in [3.05, 3.63) is 29.3 Å². The quantitative estimate of drug-likeness (QED) is 0.850. The second-order valence-corrected chi connectivity index (χ2v) is 4.46. The predicted molar refractivity (Wildman–Crippen MR) is 69.0 cm³/mol. The first-order valence-electron chi connectivity index (χ1n) is 5.71. The van der Waals surface area contributed by atoms with Gasteiger partial charge in [0, 0.05) is 11.6 Å². The zero-order valence-corrected chi connectivity index (χ0v) is 10.4. The van der Waals surface area contributed by atoms with E-state index in [0.29, 0.717) is 17.0 Å². The van der Waals surface area contributed by atoms with Gasteiger partial charge < -0.3 is 10.8 Å². The fourth-order valence-corrected chi connectivity index (χ4v) is 2.46. The fraction of sp³-hybridized carbons (Fsp3) is 0.462. The Balaban J connectivity index is 0.00000144. The number of nitrogens with zero attached hydrogens (tertiary/aromatic N) is 1. The molecule has 1 aliphatic carbocycles. The van der Waals surface area contributed by atoms with Gasteiger partial charge >= 0.3 is 0 Å². The van der Waals surface area contributed by atoms with Crippen LogP contribution in [0.3, 0.4) is 0 Å². The van der Waals surface area contributed by atoms with E-state index in [2.05, 4.69) is 6.07 Å². The second-order valence-electron chi connectivity index (χ2n) is 4.46. The monoisotopic (exact) mass is 252 g/mol. The Morgan fingerprint density at radius 1 is 1.35 bits per heavy atom. The van der Waals surface area contributed by atoms with E-state index < -0.39 is 0 Å². The molecule has 0 aliphatic heterocycles. The number of phenolic OH excluding ortho intramolecular Hbond substituents is 1. The normalized spacial score (nSPS) is 17.2. The number of benzene rings is 1. The van der Waals surface area contributed by atoms with Gasteiger partial charge in [-0.2, -0.15) is 5.26 Å². The van der Waals surface area contributed by atoms with Crippen LogP contribution in [0.4, 0.5) is 0 Å². The number of nitrogens with two attached hydrogens (primary N) is 1. The van der Waals surface area contributed by atoms with E-state index in [1.165, 1.54) is 12.8 Å². The Morgan fingerprint density at radius 2 is 2.00 bits per heavy atom. The molecule has 1 aromatic carbocycles. The van der Waals surface area contributed by atoms with Crippen LogP contribution >= 0.6 is 12.4 Å². The molecular weight excluding hydrogens is 236 g/mol. The highest BCUT2D eigenvalue weighted by Crippen LogP contribution is 2.37. The van der Waals surface area contributed by atoms with Gasteiger partial charge in [-0.15, -0.1) is 12.4 Å². The molecule has 1 saturated carbocycles. The van der Waals surface area contributed by atoms with Crippen LogP contribution in [0.15, 0.2) is 18.2 Å². The summed E-state index contributed by atoms with van der Waals surface area (Å²) in [5.74, 6) is 0.651. The molecule has 0 aromatic heterocycles. The van der Waals surface area contributed by atoms with E-state index in [1.54, 1.807) is 18.2 Å². The van der Waals surface area contributed by atoms with Gasteiger partial charge in [0.05, 0.1) is 11.6 Å². The summed E-state index contributed by atoms with van der Waals surface area (Å²) < 4.78 is 0. The first-order valence-corrected chi connectivity index (χ1v) is 5.71. The zero-order chi connectivity index (χ0) is 11.5. The maximum absolute atomic E-state index is 9.77. The molecule has 2 rings (SSSR count). The lowest BCUT2D eigenvalue weighted by atomic mass is 9.91. The third-order valence-corrected chi connectivity index (χ3v) is 3.42. The first kappa shape index (κ1) is 13.8. The van der Waals surface area contributed by atoms with Crippen molar-refractivity contribution in [2.45, 2.75) is 31.7 Å². The number of phenols is 1. The molecule has 0 saturated heterocycles. The van der Waals surface area contributed by atoms with E-state index in [4.69, 9.17) is 11.0 Å². The second kappa shape index (κ2) is 5.90. The van der Waals surface area contributed by atoms with Crippen LogP contribution in [0.5, 0.6) is 5.75 Å². The molecule has 0 unspecified atom stereocenters. The summed E-state index contributed by atoms with van der Waals surface area (Å²) in [6.45, 7) is 0. The van der Waals surface area contributed by atoms with Crippen LogP contribution in [0, 0.1) is 17.2 Å². The minimum atomic E-state index is -0.143.